The van der Waals surface area contributed by atoms with Gasteiger partial charge in [-0.25, -0.2) is 0 Å². The van der Waals surface area contributed by atoms with Gasteiger partial charge in [0.15, 0.2) is 0 Å². The van der Waals surface area contributed by atoms with E-state index in [1.807, 2.05) is 12.1 Å². The lowest BCUT2D eigenvalue weighted by Gasteiger charge is -2.43. The quantitative estimate of drug-likeness (QED) is 0.892. The van der Waals surface area contributed by atoms with Crippen molar-refractivity contribution >= 4 is 11.6 Å². The largest absolute Gasteiger partial charge is 0.379 e. The van der Waals surface area contributed by atoms with Crippen molar-refractivity contribution in [2.45, 2.75) is 30.7 Å². The maximum atomic E-state index is 5.95. The summed E-state index contributed by atoms with van der Waals surface area (Å²) < 4.78 is 5.47. The van der Waals surface area contributed by atoms with Gasteiger partial charge in [-0.1, -0.05) is 23.7 Å². The van der Waals surface area contributed by atoms with Gasteiger partial charge in [-0.05, 0) is 43.5 Å². The van der Waals surface area contributed by atoms with Crippen LogP contribution in [0.25, 0.3) is 0 Å². The monoisotopic (exact) mass is 251 g/mol. The molecule has 0 radical (unpaired) electrons. The topological polar surface area (TPSA) is 21.3 Å². The van der Waals surface area contributed by atoms with E-state index in [0.29, 0.717) is 6.04 Å². The lowest BCUT2D eigenvalue weighted by atomic mass is 9.73. The third-order valence-corrected chi connectivity index (χ3v) is 4.26. The summed E-state index contributed by atoms with van der Waals surface area (Å²) in [4.78, 5) is 0. The molecule has 1 aromatic carbocycles. The van der Waals surface area contributed by atoms with Crippen LogP contribution in [0.2, 0.25) is 5.02 Å². The first-order chi connectivity index (χ1) is 8.28. The molecule has 3 heteroatoms. The van der Waals surface area contributed by atoms with Crippen molar-refractivity contribution in [1.82, 2.24) is 5.32 Å². The summed E-state index contributed by atoms with van der Waals surface area (Å²) in [6, 6.07) is 8.94. The Kier molecular flexibility index (Phi) is 3.12. The van der Waals surface area contributed by atoms with Crippen molar-refractivity contribution < 1.29 is 4.74 Å². The molecule has 1 N–H and O–H groups in total. The zero-order valence-corrected chi connectivity index (χ0v) is 10.7. The Morgan fingerprint density at radius 2 is 2.06 bits per heavy atom. The summed E-state index contributed by atoms with van der Waals surface area (Å²) in [6.45, 7) is 2.88. The van der Waals surface area contributed by atoms with E-state index in [4.69, 9.17) is 16.3 Å². The van der Waals surface area contributed by atoms with Gasteiger partial charge in [-0.15, -0.1) is 0 Å². The molecule has 0 amide bonds. The average Bonchev–Trinajstić information content (AvgIpc) is 2.77. The maximum absolute atomic E-state index is 5.95. The number of hydrogen-bond donors (Lipinski definition) is 1. The molecule has 0 aliphatic carbocycles. The average molecular weight is 252 g/mol. The molecule has 92 valence electrons. The van der Waals surface area contributed by atoms with Gasteiger partial charge in [0.2, 0.25) is 0 Å². The molecule has 0 bridgehead atoms. The molecule has 1 aromatic rings. The van der Waals surface area contributed by atoms with E-state index < -0.39 is 0 Å². The summed E-state index contributed by atoms with van der Waals surface area (Å²) in [5.41, 5.74) is 1.61. The first kappa shape index (κ1) is 11.5. The molecule has 3 rings (SSSR count). The highest BCUT2D eigenvalue weighted by molar-refractivity contribution is 6.30. The second-order valence-electron chi connectivity index (χ2n) is 5.28. The van der Waals surface area contributed by atoms with E-state index >= 15 is 0 Å². The minimum Gasteiger partial charge on any atom is -0.379 e. The lowest BCUT2D eigenvalue weighted by molar-refractivity contribution is -0.0679. The molecule has 2 heterocycles. The zero-order valence-electron chi connectivity index (χ0n) is 9.92. The van der Waals surface area contributed by atoms with Crippen LogP contribution in [-0.2, 0) is 10.2 Å². The summed E-state index contributed by atoms with van der Waals surface area (Å²) in [5.74, 6) is 0. The maximum Gasteiger partial charge on any atom is 0.0586 e. The fourth-order valence-electron chi connectivity index (χ4n) is 2.96. The normalized spacial score (nSPS) is 26.8. The number of rotatable bonds is 3. The molecular formula is C14H18ClNO. The minimum absolute atomic E-state index is 0.229. The van der Waals surface area contributed by atoms with Crippen molar-refractivity contribution in [3.8, 4) is 0 Å². The molecular weight excluding hydrogens is 234 g/mol. The van der Waals surface area contributed by atoms with Gasteiger partial charge in [0.25, 0.3) is 0 Å². The number of halogens is 1. The van der Waals surface area contributed by atoms with Crippen molar-refractivity contribution in [3.63, 3.8) is 0 Å². The number of benzene rings is 1. The fourth-order valence-corrected chi connectivity index (χ4v) is 3.08. The van der Waals surface area contributed by atoms with Gasteiger partial charge in [-0.3, -0.25) is 0 Å². The van der Waals surface area contributed by atoms with Crippen LogP contribution in [0, 0.1) is 0 Å². The highest BCUT2D eigenvalue weighted by atomic mass is 35.5. The molecule has 0 spiro atoms. The van der Waals surface area contributed by atoms with Gasteiger partial charge >= 0.3 is 0 Å². The third kappa shape index (κ3) is 2.22. The molecule has 17 heavy (non-hydrogen) atoms. The van der Waals surface area contributed by atoms with Crippen LogP contribution < -0.4 is 5.32 Å². The molecule has 2 aliphatic heterocycles. The van der Waals surface area contributed by atoms with E-state index in [1.54, 1.807) is 0 Å². The van der Waals surface area contributed by atoms with Gasteiger partial charge in [0.1, 0.15) is 0 Å². The Morgan fingerprint density at radius 3 is 2.59 bits per heavy atom. The van der Waals surface area contributed by atoms with Crippen LogP contribution in [0.5, 0.6) is 0 Å². The summed E-state index contributed by atoms with van der Waals surface area (Å²) in [5, 5.41) is 4.39. The molecule has 2 aliphatic rings. The smallest absolute Gasteiger partial charge is 0.0586 e. The van der Waals surface area contributed by atoms with Crippen LogP contribution in [0.1, 0.15) is 24.8 Å². The zero-order chi connectivity index (χ0) is 11.7. The first-order valence-corrected chi connectivity index (χ1v) is 6.74. The number of nitrogens with one attached hydrogen (secondary N) is 1. The molecule has 2 saturated heterocycles. The van der Waals surface area contributed by atoms with Crippen molar-refractivity contribution in [2.24, 2.45) is 0 Å². The van der Waals surface area contributed by atoms with E-state index in [0.717, 1.165) is 18.2 Å². The predicted molar refractivity (Wildman–Crippen MR) is 69.6 cm³/mol. The SMILES string of the molecule is Clc1ccc(C2(CC3CCCN3)COC2)cc1. The molecule has 0 saturated carbocycles. The Morgan fingerprint density at radius 1 is 1.29 bits per heavy atom. The standard InChI is InChI=1S/C14H18ClNO/c15-12-5-3-11(4-6-12)14(9-17-10-14)8-13-2-1-7-16-13/h3-6,13,16H,1-2,7-10H2. The van der Waals surface area contributed by atoms with Crippen LogP contribution in [0.4, 0.5) is 0 Å². The van der Waals surface area contributed by atoms with Crippen molar-refractivity contribution in [3.05, 3.63) is 34.9 Å². The van der Waals surface area contributed by atoms with Gasteiger partial charge in [0.05, 0.1) is 13.2 Å². The number of hydrogen-bond acceptors (Lipinski definition) is 2. The van der Waals surface area contributed by atoms with Crippen LogP contribution in [0.3, 0.4) is 0 Å². The van der Waals surface area contributed by atoms with E-state index in [9.17, 15) is 0 Å². The van der Waals surface area contributed by atoms with Crippen molar-refractivity contribution in [1.29, 1.82) is 0 Å². The molecule has 1 unspecified atom stereocenters. The molecule has 1 atom stereocenters. The van der Waals surface area contributed by atoms with Gasteiger partial charge in [-0.2, -0.15) is 0 Å². The third-order valence-electron chi connectivity index (χ3n) is 4.01. The van der Waals surface area contributed by atoms with E-state index in [1.165, 1.54) is 31.4 Å². The van der Waals surface area contributed by atoms with Crippen LogP contribution in [0.15, 0.2) is 24.3 Å². The molecule has 0 aromatic heterocycles. The van der Waals surface area contributed by atoms with Gasteiger partial charge < -0.3 is 10.1 Å². The first-order valence-electron chi connectivity index (χ1n) is 6.36. The number of ether oxygens (including phenoxy) is 1. The highest BCUT2D eigenvalue weighted by Crippen LogP contribution is 2.38. The predicted octanol–water partition coefficient (Wildman–Crippen LogP) is 2.75. The Hall–Kier alpha value is -0.570. The Bertz CT molecular complexity index is 380. The Balaban J connectivity index is 1.78. The van der Waals surface area contributed by atoms with E-state index in [-0.39, 0.29) is 5.41 Å². The van der Waals surface area contributed by atoms with Crippen molar-refractivity contribution in [2.75, 3.05) is 19.8 Å². The van der Waals surface area contributed by atoms with Crippen LogP contribution in [-0.4, -0.2) is 25.8 Å². The summed E-state index contributed by atoms with van der Waals surface area (Å²) in [6.07, 6.45) is 3.80. The molecule has 2 nitrogen and oxygen atoms in total. The summed E-state index contributed by atoms with van der Waals surface area (Å²) >= 11 is 5.95. The second kappa shape index (κ2) is 4.60. The van der Waals surface area contributed by atoms with Gasteiger partial charge in [0, 0.05) is 16.5 Å². The lowest BCUT2D eigenvalue weighted by Crippen LogP contribution is -2.50. The minimum atomic E-state index is 0.229. The Labute approximate surface area is 107 Å². The molecule has 2 fully saturated rings. The van der Waals surface area contributed by atoms with Crippen LogP contribution >= 0.6 is 11.6 Å². The highest BCUT2D eigenvalue weighted by Gasteiger charge is 2.42. The fraction of sp³-hybridized carbons (Fsp3) is 0.571. The summed E-state index contributed by atoms with van der Waals surface area (Å²) in [7, 11) is 0. The van der Waals surface area contributed by atoms with E-state index in [2.05, 4.69) is 17.4 Å². The second-order valence-corrected chi connectivity index (χ2v) is 5.71.